The van der Waals surface area contributed by atoms with Crippen LogP contribution in [0.4, 0.5) is 20.3 Å². The van der Waals surface area contributed by atoms with Crippen LogP contribution in [-0.4, -0.2) is 39.2 Å². The van der Waals surface area contributed by atoms with E-state index in [1.54, 1.807) is 31.5 Å². The van der Waals surface area contributed by atoms with Crippen molar-refractivity contribution in [3.8, 4) is 5.75 Å². The minimum Gasteiger partial charge on any atom is -0.495 e. The number of aliphatic imine (C=N–C) groups is 1. The SMILES string of the molecule is COc1cnc2c(Nc3ccc(F)c([C@@]4(CF)N=C(N)S[C@H]5C[C@H]54)c3)ncnc2c1. The van der Waals surface area contributed by atoms with Crippen molar-refractivity contribution in [2.75, 3.05) is 19.1 Å². The standard InChI is InChI=1S/C20H18F2N6OS/c1-29-11-5-15-17(24-7-11)18(26-9-25-15)27-10-2-3-14(22)12(4-10)20(8-21)13-6-16(13)30-19(23)28-20/h2-5,7,9,13,16H,6,8H2,1H3,(H2,23,28)(H,25,26,27)/t13-,16+,20-/m1/s1. The highest BCUT2D eigenvalue weighted by Gasteiger charge is 2.58. The summed E-state index contributed by atoms with van der Waals surface area (Å²) in [6.45, 7) is -0.812. The van der Waals surface area contributed by atoms with Gasteiger partial charge in [0, 0.05) is 28.5 Å². The van der Waals surface area contributed by atoms with Crippen LogP contribution in [0.25, 0.3) is 11.0 Å². The number of pyridine rings is 1. The summed E-state index contributed by atoms with van der Waals surface area (Å²) in [6, 6.07) is 6.19. The van der Waals surface area contributed by atoms with Gasteiger partial charge in [-0.3, -0.25) is 0 Å². The Morgan fingerprint density at radius 2 is 2.17 bits per heavy atom. The number of anilines is 2. The first-order chi connectivity index (χ1) is 14.5. The highest BCUT2D eigenvalue weighted by molar-refractivity contribution is 8.14. The number of benzene rings is 1. The number of nitrogens with two attached hydrogens (primary N) is 1. The molecule has 1 aromatic carbocycles. The van der Waals surface area contributed by atoms with E-state index < -0.39 is 18.0 Å². The van der Waals surface area contributed by atoms with Gasteiger partial charge in [0.25, 0.3) is 0 Å². The minimum absolute atomic E-state index is 0.0708. The second kappa shape index (κ2) is 7.05. The molecule has 3 heterocycles. The highest BCUT2D eigenvalue weighted by atomic mass is 32.2. The summed E-state index contributed by atoms with van der Waals surface area (Å²) in [5.41, 5.74) is 6.48. The van der Waals surface area contributed by atoms with E-state index in [9.17, 15) is 8.78 Å². The first-order valence-electron chi connectivity index (χ1n) is 9.34. The molecule has 10 heteroatoms. The Kier molecular flexibility index (Phi) is 4.46. The Morgan fingerprint density at radius 3 is 2.97 bits per heavy atom. The molecule has 0 spiro atoms. The Labute approximate surface area is 175 Å². The predicted octanol–water partition coefficient (Wildman–Crippen LogP) is 3.53. The van der Waals surface area contributed by atoms with Gasteiger partial charge in [-0.1, -0.05) is 11.8 Å². The number of hydrogen-bond acceptors (Lipinski definition) is 8. The Balaban J connectivity index is 1.55. The lowest BCUT2D eigenvalue weighted by atomic mass is 9.86. The minimum atomic E-state index is -1.29. The molecular formula is C20H18F2N6OS. The zero-order valence-corrected chi connectivity index (χ0v) is 16.8. The maximum absolute atomic E-state index is 14.8. The number of methoxy groups -OCH3 is 1. The molecule has 1 fully saturated rings. The molecule has 5 rings (SSSR count). The summed E-state index contributed by atoms with van der Waals surface area (Å²) in [4.78, 5) is 17.2. The van der Waals surface area contributed by atoms with E-state index in [0.29, 0.717) is 33.5 Å². The number of aromatic nitrogens is 3. The van der Waals surface area contributed by atoms with Crippen molar-refractivity contribution in [2.24, 2.45) is 16.6 Å². The monoisotopic (exact) mass is 428 g/mol. The van der Waals surface area contributed by atoms with Crippen molar-refractivity contribution in [1.29, 1.82) is 0 Å². The van der Waals surface area contributed by atoms with Crippen LogP contribution in [0, 0.1) is 11.7 Å². The van der Waals surface area contributed by atoms with Gasteiger partial charge in [0.1, 0.15) is 35.6 Å². The number of alkyl halides is 1. The number of nitrogens with zero attached hydrogens (tertiary/aromatic N) is 4. The van der Waals surface area contributed by atoms with E-state index in [0.717, 1.165) is 6.42 Å². The number of nitrogens with one attached hydrogen (secondary N) is 1. The van der Waals surface area contributed by atoms with Crippen LogP contribution in [0.5, 0.6) is 5.75 Å². The van der Waals surface area contributed by atoms with Gasteiger partial charge in [-0.2, -0.15) is 0 Å². The lowest BCUT2D eigenvalue weighted by molar-refractivity contribution is 0.272. The van der Waals surface area contributed by atoms with Crippen LogP contribution in [0.3, 0.4) is 0 Å². The quantitative estimate of drug-likeness (QED) is 0.641. The number of hydrogen-bond donors (Lipinski definition) is 2. The number of halogens is 2. The lowest BCUT2D eigenvalue weighted by Gasteiger charge is -2.31. The molecule has 1 aliphatic heterocycles. The van der Waals surface area contributed by atoms with E-state index in [-0.39, 0.29) is 16.7 Å². The van der Waals surface area contributed by atoms with Crippen LogP contribution in [0.2, 0.25) is 0 Å². The maximum Gasteiger partial charge on any atom is 0.160 e. The number of thioether (sulfide) groups is 1. The zero-order valence-electron chi connectivity index (χ0n) is 16.0. The first-order valence-corrected chi connectivity index (χ1v) is 10.2. The third-order valence-electron chi connectivity index (χ3n) is 5.51. The van der Waals surface area contributed by atoms with E-state index >= 15 is 0 Å². The van der Waals surface area contributed by atoms with Gasteiger partial charge in [0.05, 0.1) is 18.8 Å². The van der Waals surface area contributed by atoms with Crippen molar-refractivity contribution in [2.45, 2.75) is 17.2 Å². The van der Waals surface area contributed by atoms with Crippen molar-refractivity contribution in [1.82, 2.24) is 15.0 Å². The van der Waals surface area contributed by atoms with E-state index in [1.165, 1.54) is 24.2 Å². The Bertz CT molecular complexity index is 1180. The van der Waals surface area contributed by atoms with Crippen LogP contribution < -0.4 is 15.8 Å². The number of amidine groups is 1. The van der Waals surface area contributed by atoms with Crippen molar-refractivity contribution < 1.29 is 13.5 Å². The Morgan fingerprint density at radius 1 is 1.30 bits per heavy atom. The van der Waals surface area contributed by atoms with Crippen LogP contribution >= 0.6 is 11.8 Å². The smallest absolute Gasteiger partial charge is 0.160 e. The molecule has 2 aromatic heterocycles. The third-order valence-corrected chi connectivity index (χ3v) is 6.67. The molecule has 154 valence electrons. The molecular weight excluding hydrogens is 410 g/mol. The van der Waals surface area contributed by atoms with Gasteiger partial charge in [-0.05, 0) is 24.6 Å². The van der Waals surface area contributed by atoms with E-state index in [2.05, 4.69) is 25.3 Å². The molecule has 0 radical (unpaired) electrons. The lowest BCUT2D eigenvalue weighted by Crippen LogP contribution is -2.36. The topological polar surface area (TPSA) is 98.3 Å². The first kappa shape index (κ1) is 19.0. The van der Waals surface area contributed by atoms with Crippen molar-refractivity contribution in [3.05, 3.63) is 48.2 Å². The summed E-state index contributed by atoms with van der Waals surface area (Å²) < 4.78 is 34.3. The molecule has 2 aliphatic rings. The van der Waals surface area contributed by atoms with E-state index in [1.807, 2.05) is 0 Å². The van der Waals surface area contributed by atoms with Crippen LogP contribution in [-0.2, 0) is 5.54 Å². The van der Waals surface area contributed by atoms with Crippen LogP contribution in [0.1, 0.15) is 12.0 Å². The number of rotatable bonds is 5. The largest absolute Gasteiger partial charge is 0.495 e. The molecule has 7 nitrogen and oxygen atoms in total. The molecule has 3 aromatic rings. The molecule has 3 atom stereocenters. The van der Waals surface area contributed by atoms with Crippen LogP contribution in [0.15, 0.2) is 41.8 Å². The second-order valence-corrected chi connectivity index (χ2v) is 8.55. The molecule has 1 aliphatic carbocycles. The molecule has 0 unspecified atom stereocenters. The summed E-state index contributed by atoms with van der Waals surface area (Å²) in [6.07, 6.45) is 3.73. The summed E-state index contributed by atoms with van der Waals surface area (Å²) in [5.74, 6) is 0.438. The second-order valence-electron chi connectivity index (χ2n) is 7.29. The number of ether oxygens (including phenoxy) is 1. The van der Waals surface area contributed by atoms with Gasteiger partial charge in [-0.15, -0.1) is 0 Å². The molecule has 0 amide bonds. The van der Waals surface area contributed by atoms with Gasteiger partial charge in [0.15, 0.2) is 11.0 Å². The molecule has 0 saturated heterocycles. The van der Waals surface area contributed by atoms with Gasteiger partial charge < -0.3 is 15.8 Å². The molecule has 3 N–H and O–H groups in total. The average Bonchev–Trinajstić information content (AvgIpc) is 3.54. The summed E-state index contributed by atoms with van der Waals surface area (Å²) >= 11 is 1.43. The normalized spacial score (nSPS) is 24.8. The summed E-state index contributed by atoms with van der Waals surface area (Å²) in [7, 11) is 1.55. The fourth-order valence-corrected chi connectivity index (χ4v) is 5.15. The van der Waals surface area contributed by atoms with Crippen molar-refractivity contribution >= 4 is 39.5 Å². The molecule has 0 bridgehead atoms. The third kappa shape index (κ3) is 3.02. The van der Waals surface area contributed by atoms with Crippen molar-refractivity contribution in [3.63, 3.8) is 0 Å². The fourth-order valence-electron chi connectivity index (χ4n) is 3.93. The molecule has 1 saturated carbocycles. The number of fused-ring (bicyclic) bond motifs is 2. The average molecular weight is 428 g/mol. The Hall–Kier alpha value is -3.01. The predicted molar refractivity (Wildman–Crippen MR) is 112 cm³/mol. The van der Waals surface area contributed by atoms with Gasteiger partial charge in [0.2, 0.25) is 0 Å². The fraction of sp³-hybridized carbons (Fsp3) is 0.300. The molecule has 30 heavy (non-hydrogen) atoms. The zero-order chi connectivity index (χ0) is 20.9. The van der Waals surface area contributed by atoms with Gasteiger partial charge >= 0.3 is 0 Å². The highest BCUT2D eigenvalue weighted by Crippen LogP contribution is 2.58. The maximum atomic E-state index is 14.8. The van der Waals surface area contributed by atoms with Gasteiger partial charge in [-0.25, -0.2) is 28.7 Å². The van der Waals surface area contributed by atoms with E-state index in [4.69, 9.17) is 10.5 Å². The summed E-state index contributed by atoms with van der Waals surface area (Å²) in [5, 5.41) is 3.62.